The number of hydrogen-bond acceptors (Lipinski definition) is 3. The first-order valence-corrected chi connectivity index (χ1v) is 5.99. The molecule has 2 rings (SSSR count). The summed E-state index contributed by atoms with van der Waals surface area (Å²) in [6.07, 6.45) is 4.27. The predicted molar refractivity (Wildman–Crippen MR) is 59.5 cm³/mol. The van der Waals surface area contributed by atoms with Crippen LogP contribution in [0.4, 0.5) is 0 Å². The maximum absolute atomic E-state index is 11.6. The molecule has 0 spiro atoms. The molecule has 1 heterocycles. The van der Waals surface area contributed by atoms with E-state index in [-0.39, 0.29) is 23.9 Å². The summed E-state index contributed by atoms with van der Waals surface area (Å²) in [5, 5.41) is 5.49. The lowest BCUT2D eigenvalue weighted by Crippen LogP contribution is -2.51. The first-order valence-electron chi connectivity index (χ1n) is 5.99. The van der Waals surface area contributed by atoms with Gasteiger partial charge in [0.1, 0.15) is 6.04 Å². The van der Waals surface area contributed by atoms with Crippen LogP contribution in [0.3, 0.4) is 0 Å². The summed E-state index contributed by atoms with van der Waals surface area (Å²) >= 11 is 0. The molecule has 1 aliphatic heterocycles. The summed E-state index contributed by atoms with van der Waals surface area (Å²) < 4.78 is 0. The Labute approximate surface area is 95.1 Å². The van der Waals surface area contributed by atoms with Gasteiger partial charge in [-0.25, -0.2) is 0 Å². The van der Waals surface area contributed by atoms with Crippen LogP contribution in [0, 0.1) is 5.92 Å². The molecule has 0 radical (unpaired) electrons. The second-order valence-corrected chi connectivity index (χ2v) is 4.76. The third-order valence-corrected chi connectivity index (χ3v) is 3.27. The molecule has 1 aliphatic carbocycles. The second-order valence-electron chi connectivity index (χ2n) is 4.76. The molecule has 0 aromatic carbocycles. The number of piperidine rings is 1. The highest BCUT2D eigenvalue weighted by molar-refractivity contribution is 5.88. The molecular weight excluding hydrogens is 206 g/mol. The molecule has 0 aromatic heterocycles. The number of amides is 2. The van der Waals surface area contributed by atoms with Gasteiger partial charge in [0, 0.05) is 19.0 Å². The molecule has 2 fully saturated rings. The van der Waals surface area contributed by atoms with E-state index in [0.717, 1.165) is 25.7 Å². The van der Waals surface area contributed by atoms with Crippen molar-refractivity contribution in [2.75, 3.05) is 6.54 Å². The first kappa shape index (κ1) is 11.4. The van der Waals surface area contributed by atoms with Gasteiger partial charge >= 0.3 is 0 Å². The van der Waals surface area contributed by atoms with Crippen LogP contribution in [0.1, 0.15) is 32.1 Å². The Morgan fingerprint density at radius 1 is 1.50 bits per heavy atom. The Morgan fingerprint density at radius 2 is 2.25 bits per heavy atom. The molecule has 2 amide bonds. The van der Waals surface area contributed by atoms with Crippen LogP contribution in [-0.2, 0) is 9.59 Å². The van der Waals surface area contributed by atoms with Crippen molar-refractivity contribution < 1.29 is 9.59 Å². The van der Waals surface area contributed by atoms with Gasteiger partial charge in [0.15, 0.2) is 0 Å². The third kappa shape index (κ3) is 2.95. The fourth-order valence-corrected chi connectivity index (χ4v) is 2.07. The Balaban J connectivity index is 1.74. The van der Waals surface area contributed by atoms with Gasteiger partial charge < -0.3 is 16.4 Å². The Kier molecular flexibility index (Phi) is 3.43. The zero-order valence-electron chi connectivity index (χ0n) is 9.37. The monoisotopic (exact) mass is 225 g/mol. The molecule has 5 heteroatoms. The molecule has 4 N–H and O–H groups in total. The Bertz CT molecular complexity index is 289. The molecule has 1 saturated carbocycles. The van der Waals surface area contributed by atoms with Gasteiger partial charge in [-0.15, -0.1) is 0 Å². The van der Waals surface area contributed by atoms with E-state index in [1.807, 2.05) is 0 Å². The standard InChI is InChI=1S/C11H19N3O2/c12-8(7-3-4-7)6-10(15)14-9-2-1-5-13-11(9)16/h7-9H,1-6,12H2,(H,13,16)(H,14,15). The maximum atomic E-state index is 11.6. The van der Waals surface area contributed by atoms with Crippen LogP contribution in [0.15, 0.2) is 0 Å². The Hall–Kier alpha value is -1.10. The fourth-order valence-electron chi connectivity index (χ4n) is 2.07. The number of hydrogen-bond donors (Lipinski definition) is 3. The lowest BCUT2D eigenvalue weighted by Gasteiger charge is -2.23. The molecule has 2 atom stereocenters. The van der Waals surface area contributed by atoms with Crippen LogP contribution in [0.5, 0.6) is 0 Å². The number of nitrogens with two attached hydrogens (primary N) is 1. The van der Waals surface area contributed by atoms with Crippen molar-refractivity contribution >= 4 is 11.8 Å². The average Bonchev–Trinajstić information content (AvgIpc) is 3.04. The van der Waals surface area contributed by atoms with E-state index in [4.69, 9.17) is 5.73 Å². The normalized spacial score (nSPS) is 27.1. The molecule has 2 unspecified atom stereocenters. The van der Waals surface area contributed by atoms with E-state index in [2.05, 4.69) is 10.6 Å². The summed E-state index contributed by atoms with van der Waals surface area (Å²) in [5.74, 6) is 0.354. The number of carbonyl (C=O) groups excluding carboxylic acids is 2. The number of rotatable bonds is 4. The summed E-state index contributed by atoms with van der Waals surface area (Å²) in [6.45, 7) is 0.715. The van der Waals surface area contributed by atoms with Crippen molar-refractivity contribution in [3.8, 4) is 0 Å². The van der Waals surface area contributed by atoms with Crippen molar-refractivity contribution in [3.63, 3.8) is 0 Å². The summed E-state index contributed by atoms with van der Waals surface area (Å²) in [6, 6.07) is -0.390. The van der Waals surface area contributed by atoms with Gasteiger partial charge in [0.25, 0.3) is 0 Å². The van der Waals surface area contributed by atoms with E-state index in [0.29, 0.717) is 18.9 Å². The highest BCUT2D eigenvalue weighted by Crippen LogP contribution is 2.32. The zero-order valence-corrected chi connectivity index (χ0v) is 9.37. The smallest absolute Gasteiger partial charge is 0.242 e. The second kappa shape index (κ2) is 4.82. The van der Waals surface area contributed by atoms with Crippen molar-refractivity contribution in [3.05, 3.63) is 0 Å². The predicted octanol–water partition coefficient (Wildman–Crippen LogP) is -0.491. The summed E-state index contributed by atoms with van der Waals surface area (Å²) in [4.78, 5) is 23.0. The minimum absolute atomic E-state index is 0.0355. The molecule has 0 aromatic rings. The first-order chi connectivity index (χ1) is 7.66. The number of nitrogens with one attached hydrogen (secondary N) is 2. The molecule has 2 aliphatic rings. The van der Waals surface area contributed by atoms with Crippen molar-refractivity contribution in [2.45, 2.75) is 44.2 Å². The van der Waals surface area contributed by atoms with Crippen LogP contribution >= 0.6 is 0 Å². The minimum Gasteiger partial charge on any atom is -0.354 e. The molecule has 1 saturated heterocycles. The highest BCUT2D eigenvalue weighted by Gasteiger charge is 2.31. The molecule has 0 bridgehead atoms. The lowest BCUT2D eigenvalue weighted by molar-refractivity contribution is -0.130. The molecule has 5 nitrogen and oxygen atoms in total. The lowest BCUT2D eigenvalue weighted by atomic mass is 10.1. The van der Waals surface area contributed by atoms with Crippen LogP contribution in [0.2, 0.25) is 0 Å². The van der Waals surface area contributed by atoms with Gasteiger partial charge in [-0.1, -0.05) is 0 Å². The van der Waals surface area contributed by atoms with Crippen molar-refractivity contribution in [2.24, 2.45) is 11.7 Å². The van der Waals surface area contributed by atoms with Crippen molar-refractivity contribution in [1.82, 2.24) is 10.6 Å². The van der Waals surface area contributed by atoms with Gasteiger partial charge in [-0.3, -0.25) is 9.59 Å². The third-order valence-electron chi connectivity index (χ3n) is 3.27. The van der Waals surface area contributed by atoms with E-state index < -0.39 is 0 Å². The van der Waals surface area contributed by atoms with Gasteiger partial charge in [-0.05, 0) is 31.6 Å². The quantitative estimate of drug-likeness (QED) is 0.603. The van der Waals surface area contributed by atoms with Crippen LogP contribution < -0.4 is 16.4 Å². The van der Waals surface area contributed by atoms with Gasteiger partial charge in [0.05, 0.1) is 0 Å². The summed E-state index contributed by atoms with van der Waals surface area (Å²) in [7, 11) is 0. The largest absolute Gasteiger partial charge is 0.354 e. The zero-order chi connectivity index (χ0) is 11.5. The molecule has 16 heavy (non-hydrogen) atoms. The molecule has 90 valence electrons. The SMILES string of the molecule is NC(CC(=O)NC1CCCNC1=O)C1CC1. The Morgan fingerprint density at radius 3 is 2.88 bits per heavy atom. The number of carbonyl (C=O) groups is 2. The maximum Gasteiger partial charge on any atom is 0.242 e. The van der Waals surface area contributed by atoms with Gasteiger partial charge in [-0.2, -0.15) is 0 Å². The van der Waals surface area contributed by atoms with E-state index >= 15 is 0 Å². The summed E-state index contributed by atoms with van der Waals surface area (Å²) in [5.41, 5.74) is 5.86. The van der Waals surface area contributed by atoms with E-state index in [9.17, 15) is 9.59 Å². The molecular formula is C11H19N3O2. The topological polar surface area (TPSA) is 84.2 Å². The average molecular weight is 225 g/mol. The minimum atomic E-state index is -0.354. The van der Waals surface area contributed by atoms with Crippen molar-refractivity contribution in [1.29, 1.82) is 0 Å². The van der Waals surface area contributed by atoms with Crippen LogP contribution in [-0.4, -0.2) is 30.4 Å². The van der Waals surface area contributed by atoms with E-state index in [1.54, 1.807) is 0 Å². The highest BCUT2D eigenvalue weighted by atomic mass is 16.2. The van der Waals surface area contributed by atoms with E-state index in [1.165, 1.54) is 0 Å². The fraction of sp³-hybridized carbons (Fsp3) is 0.818. The van der Waals surface area contributed by atoms with Crippen LogP contribution in [0.25, 0.3) is 0 Å². The van der Waals surface area contributed by atoms with Gasteiger partial charge in [0.2, 0.25) is 11.8 Å².